The van der Waals surface area contributed by atoms with Crippen molar-refractivity contribution >= 4 is 11.6 Å². The lowest BCUT2D eigenvalue weighted by Gasteiger charge is -2.13. The number of nitrogens with zero attached hydrogens (tertiary/aromatic N) is 1. The number of pyridine rings is 1. The molecule has 2 aromatic rings. The van der Waals surface area contributed by atoms with Crippen LogP contribution in [-0.4, -0.2) is 10.1 Å². The molecule has 0 radical (unpaired) electrons. The largest absolute Gasteiger partial charge is 0.382 e. The zero-order valence-corrected chi connectivity index (χ0v) is 9.65. The number of benzene rings is 1. The lowest BCUT2D eigenvalue weighted by Crippen LogP contribution is -2.03. The van der Waals surface area contributed by atoms with Crippen LogP contribution < -0.4 is 0 Å². The number of aromatic nitrogens is 1. The summed E-state index contributed by atoms with van der Waals surface area (Å²) in [6.45, 7) is 1.92. The summed E-state index contributed by atoms with van der Waals surface area (Å²) in [4.78, 5) is 4.14. The fraction of sp³-hybridized carbons (Fsp3) is 0.154. The molecule has 16 heavy (non-hydrogen) atoms. The molecule has 0 fully saturated rings. The summed E-state index contributed by atoms with van der Waals surface area (Å²) in [7, 11) is 0. The Kier molecular flexibility index (Phi) is 3.22. The molecular weight excluding hydrogens is 222 g/mol. The fourth-order valence-corrected chi connectivity index (χ4v) is 1.87. The van der Waals surface area contributed by atoms with Crippen LogP contribution in [0.4, 0.5) is 0 Å². The highest BCUT2D eigenvalue weighted by Gasteiger charge is 2.13. The molecular formula is C13H12ClNO. The average molecular weight is 234 g/mol. The van der Waals surface area contributed by atoms with Crippen LogP contribution in [0.3, 0.4) is 0 Å². The van der Waals surface area contributed by atoms with Crippen LogP contribution in [0.2, 0.25) is 5.02 Å². The molecule has 0 spiro atoms. The number of halogens is 1. The highest BCUT2D eigenvalue weighted by atomic mass is 35.5. The van der Waals surface area contributed by atoms with Crippen molar-refractivity contribution in [3.05, 3.63) is 64.4 Å². The Bertz CT molecular complexity index is 485. The van der Waals surface area contributed by atoms with E-state index in [1.165, 1.54) is 0 Å². The van der Waals surface area contributed by atoms with E-state index in [1.54, 1.807) is 18.3 Å². The number of rotatable bonds is 2. The molecule has 82 valence electrons. The summed E-state index contributed by atoms with van der Waals surface area (Å²) in [6, 6.07) is 10.9. The van der Waals surface area contributed by atoms with Gasteiger partial charge in [0.1, 0.15) is 6.10 Å². The van der Waals surface area contributed by atoms with Gasteiger partial charge in [-0.25, -0.2) is 0 Å². The van der Waals surface area contributed by atoms with Crippen LogP contribution in [-0.2, 0) is 0 Å². The van der Waals surface area contributed by atoms with Crippen LogP contribution in [0, 0.1) is 6.92 Å². The van der Waals surface area contributed by atoms with E-state index in [0.29, 0.717) is 10.7 Å². The van der Waals surface area contributed by atoms with E-state index in [-0.39, 0.29) is 0 Å². The average Bonchev–Trinajstić information content (AvgIpc) is 2.29. The molecule has 2 rings (SSSR count). The molecule has 0 aliphatic rings. The second-order valence-corrected chi connectivity index (χ2v) is 4.09. The standard InChI is InChI=1S/C13H12ClNO/c1-9-8-10(14)5-6-11(9)13(16)12-4-2-3-7-15-12/h2-8,13,16H,1H3. The van der Waals surface area contributed by atoms with E-state index in [2.05, 4.69) is 4.98 Å². The molecule has 0 saturated heterocycles. The van der Waals surface area contributed by atoms with Crippen LogP contribution in [0.1, 0.15) is 22.9 Å². The van der Waals surface area contributed by atoms with Crippen LogP contribution >= 0.6 is 11.6 Å². The van der Waals surface area contributed by atoms with Crippen LogP contribution in [0.5, 0.6) is 0 Å². The Morgan fingerprint density at radius 3 is 2.69 bits per heavy atom. The predicted octanol–water partition coefficient (Wildman–Crippen LogP) is 3.13. The predicted molar refractivity (Wildman–Crippen MR) is 64.5 cm³/mol. The molecule has 0 amide bonds. The molecule has 0 saturated carbocycles. The van der Waals surface area contributed by atoms with Crippen molar-refractivity contribution in [3.63, 3.8) is 0 Å². The minimum atomic E-state index is -0.696. The first kappa shape index (κ1) is 11.1. The van der Waals surface area contributed by atoms with Crippen molar-refractivity contribution < 1.29 is 5.11 Å². The lowest BCUT2D eigenvalue weighted by atomic mass is 10.0. The molecule has 1 N–H and O–H groups in total. The number of hydrogen-bond acceptors (Lipinski definition) is 2. The third-order valence-corrected chi connectivity index (χ3v) is 2.73. The summed E-state index contributed by atoms with van der Waals surface area (Å²) < 4.78 is 0. The van der Waals surface area contributed by atoms with E-state index in [4.69, 9.17) is 11.6 Å². The van der Waals surface area contributed by atoms with Gasteiger partial charge in [-0.1, -0.05) is 23.7 Å². The molecule has 1 aromatic heterocycles. The smallest absolute Gasteiger partial charge is 0.121 e. The highest BCUT2D eigenvalue weighted by molar-refractivity contribution is 6.30. The maximum Gasteiger partial charge on any atom is 0.121 e. The van der Waals surface area contributed by atoms with Crippen molar-refractivity contribution in [3.8, 4) is 0 Å². The number of aliphatic hydroxyl groups excluding tert-OH is 1. The zero-order valence-electron chi connectivity index (χ0n) is 8.89. The van der Waals surface area contributed by atoms with Gasteiger partial charge < -0.3 is 5.11 Å². The summed E-state index contributed by atoms with van der Waals surface area (Å²) in [5.41, 5.74) is 2.45. The molecule has 0 aliphatic carbocycles. The SMILES string of the molecule is Cc1cc(Cl)ccc1C(O)c1ccccn1. The molecule has 1 heterocycles. The normalized spacial score (nSPS) is 12.4. The van der Waals surface area contributed by atoms with Gasteiger partial charge in [0.25, 0.3) is 0 Å². The van der Waals surface area contributed by atoms with Crippen LogP contribution in [0.15, 0.2) is 42.6 Å². The van der Waals surface area contributed by atoms with E-state index >= 15 is 0 Å². The minimum absolute atomic E-state index is 0.646. The summed E-state index contributed by atoms with van der Waals surface area (Å²) in [5.74, 6) is 0. The van der Waals surface area contributed by atoms with E-state index < -0.39 is 6.10 Å². The van der Waals surface area contributed by atoms with E-state index in [9.17, 15) is 5.11 Å². The highest BCUT2D eigenvalue weighted by Crippen LogP contribution is 2.25. The molecule has 2 nitrogen and oxygen atoms in total. The molecule has 0 aliphatic heterocycles. The quantitative estimate of drug-likeness (QED) is 0.865. The first-order chi connectivity index (χ1) is 7.68. The lowest BCUT2D eigenvalue weighted by molar-refractivity contribution is 0.214. The second-order valence-electron chi connectivity index (χ2n) is 3.66. The summed E-state index contributed by atoms with van der Waals surface area (Å²) >= 11 is 5.87. The van der Waals surface area contributed by atoms with Crippen LogP contribution in [0.25, 0.3) is 0 Å². The van der Waals surface area contributed by atoms with Gasteiger partial charge in [0.05, 0.1) is 5.69 Å². The third kappa shape index (κ3) is 2.23. The topological polar surface area (TPSA) is 33.1 Å². The monoisotopic (exact) mass is 233 g/mol. The number of hydrogen-bond donors (Lipinski definition) is 1. The molecule has 3 heteroatoms. The van der Waals surface area contributed by atoms with Gasteiger partial charge in [0, 0.05) is 11.2 Å². The van der Waals surface area contributed by atoms with Gasteiger partial charge in [-0.2, -0.15) is 0 Å². The van der Waals surface area contributed by atoms with Gasteiger partial charge >= 0.3 is 0 Å². The van der Waals surface area contributed by atoms with E-state index in [1.807, 2.05) is 31.2 Å². The van der Waals surface area contributed by atoms with Crippen molar-refractivity contribution in [1.29, 1.82) is 0 Å². The number of aryl methyl sites for hydroxylation is 1. The molecule has 1 atom stereocenters. The number of aliphatic hydroxyl groups is 1. The van der Waals surface area contributed by atoms with E-state index in [0.717, 1.165) is 11.1 Å². The van der Waals surface area contributed by atoms with Crippen molar-refractivity contribution in [2.75, 3.05) is 0 Å². The van der Waals surface area contributed by atoms with Crippen molar-refractivity contribution in [2.45, 2.75) is 13.0 Å². The summed E-state index contributed by atoms with van der Waals surface area (Å²) in [6.07, 6.45) is 0.975. The first-order valence-electron chi connectivity index (χ1n) is 5.03. The van der Waals surface area contributed by atoms with Crippen molar-refractivity contribution in [1.82, 2.24) is 4.98 Å². The minimum Gasteiger partial charge on any atom is -0.382 e. The van der Waals surface area contributed by atoms with Gasteiger partial charge in [0.15, 0.2) is 0 Å². The Balaban J connectivity index is 2.38. The van der Waals surface area contributed by atoms with Crippen molar-refractivity contribution in [2.24, 2.45) is 0 Å². The first-order valence-corrected chi connectivity index (χ1v) is 5.41. The van der Waals surface area contributed by atoms with Gasteiger partial charge in [-0.05, 0) is 42.3 Å². The Morgan fingerprint density at radius 2 is 2.06 bits per heavy atom. The van der Waals surface area contributed by atoms with Gasteiger partial charge in [-0.3, -0.25) is 4.98 Å². The maximum absolute atomic E-state index is 10.2. The maximum atomic E-state index is 10.2. The Labute approximate surface area is 99.5 Å². The molecule has 1 unspecified atom stereocenters. The second kappa shape index (κ2) is 4.64. The summed E-state index contributed by atoms with van der Waals surface area (Å²) in [5, 5.41) is 10.8. The van der Waals surface area contributed by atoms with Gasteiger partial charge in [-0.15, -0.1) is 0 Å². The zero-order chi connectivity index (χ0) is 11.5. The Hall–Kier alpha value is -1.38. The fourth-order valence-electron chi connectivity index (χ4n) is 1.64. The third-order valence-electron chi connectivity index (χ3n) is 2.49. The Morgan fingerprint density at radius 1 is 1.25 bits per heavy atom. The molecule has 0 bridgehead atoms. The van der Waals surface area contributed by atoms with Gasteiger partial charge in [0.2, 0.25) is 0 Å². The molecule has 1 aromatic carbocycles.